The molecule has 7 heteroatoms. The molecule has 0 spiro atoms. The van der Waals surface area contributed by atoms with E-state index in [1.54, 1.807) is 18.2 Å². The van der Waals surface area contributed by atoms with Crippen molar-refractivity contribution in [2.45, 2.75) is 19.4 Å². The van der Waals surface area contributed by atoms with E-state index in [1.807, 2.05) is 30.3 Å². The van der Waals surface area contributed by atoms with Gasteiger partial charge in [-0.3, -0.25) is 4.79 Å². The van der Waals surface area contributed by atoms with Gasteiger partial charge in [-0.25, -0.2) is 4.79 Å². The molecule has 132 valence electrons. The lowest BCUT2D eigenvalue weighted by molar-refractivity contribution is -0.116. The average molecular weight is 381 g/mol. The highest BCUT2D eigenvalue weighted by Crippen LogP contribution is 2.29. The van der Waals surface area contributed by atoms with Crippen molar-refractivity contribution in [2.75, 3.05) is 11.9 Å². The van der Waals surface area contributed by atoms with Crippen molar-refractivity contribution in [1.82, 2.24) is 5.32 Å². The number of halogens is 2. The van der Waals surface area contributed by atoms with Crippen molar-refractivity contribution in [3.05, 3.63) is 64.1 Å². The van der Waals surface area contributed by atoms with Gasteiger partial charge >= 0.3 is 6.09 Å². The Bertz CT molecular complexity index is 724. The van der Waals surface area contributed by atoms with Crippen molar-refractivity contribution >= 4 is 40.9 Å². The van der Waals surface area contributed by atoms with Gasteiger partial charge in [-0.2, -0.15) is 0 Å². The monoisotopic (exact) mass is 380 g/mol. The van der Waals surface area contributed by atoms with Crippen LogP contribution in [0.3, 0.4) is 0 Å². The van der Waals surface area contributed by atoms with Crippen LogP contribution < -0.4 is 10.6 Å². The molecule has 0 saturated heterocycles. The van der Waals surface area contributed by atoms with Gasteiger partial charge in [0.25, 0.3) is 0 Å². The molecule has 5 nitrogen and oxygen atoms in total. The molecule has 0 aliphatic rings. The molecule has 0 unspecified atom stereocenters. The van der Waals surface area contributed by atoms with Crippen LogP contribution in [0.2, 0.25) is 10.0 Å². The molecule has 0 radical (unpaired) electrons. The number of benzene rings is 2. The molecule has 0 aliphatic carbocycles. The van der Waals surface area contributed by atoms with E-state index in [9.17, 15) is 9.59 Å². The second-order valence-electron chi connectivity index (χ2n) is 5.24. The van der Waals surface area contributed by atoms with Crippen LogP contribution in [-0.2, 0) is 16.1 Å². The summed E-state index contributed by atoms with van der Waals surface area (Å²) in [5.41, 5.74) is 1.38. The van der Waals surface area contributed by atoms with Crippen molar-refractivity contribution < 1.29 is 14.3 Å². The first-order valence-electron chi connectivity index (χ1n) is 7.74. The molecule has 0 aromatic heterocycles. The van der Waals surface area contributed by atoms with Crippen LogP contribution in [0.4, 0.5) is 10.5 Å². The summed E-state index contributed by atoms with van der Waals surface area (Å²) >= 11 is 11.9. The fourth-order valence-electron chi connectivity index (χ4n) is 2.03. The van der Waals surface area contributed by atoms with E-state index in [0.29, 0.717) is 28.7 Å². The Kier molecular flexibility index (Phi) is 7.57. The minimum absolute atomic E-state index is 0.205. The van der Waals surface area contributed by atoms with Gasteiger partial charge in [0.2, 0.25) is 5.91 Å². The van der Waals surface area contributed by atoms with Gasteiger partial charge in [-0.1, -0.05) is 59.6 Å². The van der Waals surface area contributed by atoms with Crippen LogP contribution >= 0.6 is 23.2 Å². The normalized spacial score (nSPS) is 10.2. The Morgan fingerprint density at radius 3 is 2.52 bits per heavy atom. The fraction of sp³-hybridized carbons (Fsp3) is 0.222. The molecule has 2 aromatic rings. The first-order valence-corrected chi connectivity index (χ1v) is 8.50. The number of hydrogen-bond donors (Lipinski definition) is 2. The second-order valence-corrected chi connectivity index (χ2v) is 6.03. The minimum atomic E-state index is -0.512. The third-order valence-electron chi connectivity index (χ3n) is 3.29. The highest BCUT2D eigenvalue weighted by molar-refractivity contribution is 6.43. The topological polar surface area (TPSA) is 67.4 Å². The lowest BCUT2D eigenvalue weighted by Gasteiger charge is -2.09. The van der Waals surface area contributed by atoms with Crippen LogP contribution in [-0.4, -0.2) is 18.5 Å². The maximum atomic E-state index is 11.9. The highest BCUT2D eigenvalue weighted by atomic mass is 35.5. The number of ether oxygens (including phenoxy) is 1. The predicted octanol–water partition coefficient (Wildman–Crippen LogP) is 4.64. The van der Waals surface area contributed by atoms with Gasteiger partial charge in [-0.15, -0.1) is 0 Å². The zero-order valence-electron chi connectivity index (χ0n) is 13.4. The van der Waals surface area contributed by atoms with E-state index in [2.05, 4.69) is 10.6 Å². The summed E-state index contributed by atoms with van der Waals surface area (Å²) in [7, 11) is 0. The standard InChI is InChI=1S/C18H18Cl2N2O3/c19-14-8-4-9-15(17(14)20)22-16(23)10-5-11-21-18(24)25-12-13-6-2-1-3-7-13/h1-4,6-9H,5,10-12H2,(H,21,24)(H,22,23). The lowest BCUT2D eigenvalue weighted by Crippen LogP contribution is -2.26. The number of nitrogens with one attached hydrogen (secondary N) is 2. The van der Waals surface area contributed by atoms with Crippen LogP contribution in [0.5, 0.6) is 0 Å². The number of rotatable bonds is 7. The van der Waals surface area contributed by atoms with E-state index in [1.165, 1.54) is 0 Å². The van der Waals surface area contributed by atoms with Crippen molar-refractivity contribution in [1.29, 1.82) is 0 Å². The third kappa shape index (κ3) is 6.64. The van der Waals surface area contributed by atoms with Gasteiger partial charge in [0.15, 0.2) is 0 Å². The number of hydrogen-bond acceptors (Lipinski definition) is 3. The predicted molar refractivity (Wildman–Crippen MR) is 99.0 cm³/mol. The van der Waals surface area contributed by atoms with Crippen LogP contribution in [0, 0.1) is 0 Å². The molecule has 2 N–H and O–H groups in total. The first kappa shape index (κ1) is 19.1. The first-order chi connectivity index (χ1) is 12.1. The Morgan fingerprint density at radius 2 is 1.76 bits per heavy atom. The van der Waals surface area contributed by atoms with E-state index in [0.717, 1.165) is 5.56 Å². The number of anilines is 1. The van der Waals surface area contributed by atoms with E-state index < -0.39 is 6.09 Å². The molecule has 2 rings (SSSR count). The van der Waals surface area contributed by atoms with Gasteiger partial charge in [-0.05, 0) is 24.1 Å². The summed E-state index contributed by atoms with van der Waals surface area (Å²) < 4.78 is 5.08. The smallest absolute Gasteiger partial charge is 0.407 e. The Labute approximate surface area is 156 Å². The van der Waals surface area contributed by atoms with E-state index in [-0.39, 0.29) is 18.9 Å². The molecule has 0 fully saturated rings. The maximum Gasteiger partial charge on any atom is 0.407 e. The lowest BCUT2D eigenvalue weighted by atomic mass is 10.2. The van der Waals surface area contributed by atoms with Crippen LogP contribution in [0.15, 0.2) is 48.5 Å². The summed E-state index contributed by atoms with van der Waals surface area (Å²) in [6.07, 6.45) is 0.203. The van der Waals surface area contributed by atoms with Crippen molar-refractivity contribution in [3.63, 3.8) is 0 Å². The second kappa shape index (κ2) is 9.91. The summed E-state index contributed by atoms with van der Waals surface area (Å²) in [6.45, 7) is 0.546. The van der Waals surface area contributed by atoms with Crippen molar-refractivity contribution in [2.24, 2.45) is 0 Å². The molecule has 0 atom stereocenters. The van der Waals surface area contributed by atoms with Crippen LogP contribution in [0.1, 0.15) is 18.4 Å². The third-order valence-corrected chi connectivity index (χ3v) is 4.11. The molecule has 2 aromatic carbocycles. The zero-order valence-corrected chi connectivity index (χ0v) is 14.9. The molecule has 25 heavy (non-hydrogen) atoms. The fourth-order valence-corrected chi connectivity index (χ4v) is 2.37. The Morgan fingerprint density at radius 1 is 1.00 bits per heavy atom. The number of carbonyl (C=O) groups is 2. The molecule has 2 amide bonds. The highest BCUT2D eigenvalue weighted by Gasteiger charge is 2.08. The number of carbonyl (C=O) groups excluding carboxylic acids is 2. The van der Waals surface area contributed by atoms with Crippen LogP contribution in [0.25, 0.3) is 0 Å². The summed E-state index contributed by atoms with van der Waals surface area (Å²) in [4.78, 5) is 23.4. The Hall–Kier alpha value is -2.24. The quantitative estimate of drug-likeness (QED) is 0.687. The molecular formula is C18H18Cl2N2O3. The molecule has 0 bridgehead atoms. The zero-order chi connectivity index (χ0) is 18.1. The largest absolute Gasteiger partial charge is 0.445 e. The molecule has 0 saturated carbocycles. The molecule has 0 heterocycles. The van der Waals surface area contributed by atoms with Gasteiger partial charge < -0.3 is 15.4 Å². The number of amides is 2. The van der Waals surface area contributed by atoms with Crippen molar-refractivity contribution in [3.8, 4) is 0 Å². The summed E-state index contributed by atoms with van der Waals surface area (Å²) in [5, 5.41) is 5.97. The van der Waals surface area contributed by atoms with Gasteiger partial charge in [0.05, 0.1) is 15.7 Å². The summed E-state index contributed by atoms with van der Waals surface area (Å²) in [6, 6.07) is 14.4. The summed E-state index contributed by atoms with van der Waals surface area (Å²) in [5.74, 6) is -0.205. The number of alkyl carbamates (subject to hydrolysis) is 1. The Balaban J connectivity index is 1.62. The minimum Gasteiger partial charge on any atom is -0.445 e. The van der Waals surface area contributed by atoms with E-state index >= 15 is 0 Å². The molecular weight excluding hydrogens is 363 g/mol. The van der Waals surface area contributed by atoms with E-state index in [4.69, 9.17) is 27.9 Å². The van der Waals surface area contributed by atoms with Gasteiger partial charge in [0, 0.05) is 13.0 Å². The molecule has 0 aliphatic heterocycles. The van der Waals surface area contributed by atoms with Gasteiger partial charge in [0.1, 0.15) is 6.61 Å². The maximum absolute atomic E-state index is 11.9. The SMILES string of the molecule is O=C(CCCNC(=O)OCc1ccccc1)Nc1cccc(Cl)c1Cl. The average Bonchev–Trinajstić information content (AvgIpc) is 2.62.